The number of ketones is 1. The van der Waals surface area contributed by atoms with E-state index >= 15 is 0 Å². The molecule has 1 N–H and O–H groups in total. The van der Waals surface area contributed by atoms with Gasteiger partial charge in [-0.3, -0.25) is 14.0 Å². The van der Waals surface area contributed by atoms with Crippen LogP contribution in [0, 0.1) is 0 Å². The zero-order chi connectivity index (χ0) is 22.0. The van der Waals surface area contributed by atoms with E-state index in [1.54, 1.807) is 32.4 Å². The Hall–Kier alpha value is -2.62. The van der Waals surface area contributed by atoms with Gasteiger partial charge in [-0.05, 0) is 42.7 Å². The Morgan fingerprint density at radius 2 is 1.77 bits per heavy atom. The quantitative estimate of drug-likeness (QED) is 0.686. The normalized spacial score (nSPS) is 19.0. The molecule has 0 spiro atoms. The summed E-state index contributed by atoms with van der Waals surface area (Å²) in [6.45, 7) is 1.90. The Morgan fingerprint density at radius 1 is 1.06 bits per heavy atom. The monoisotopic (exact) mass is 445 g/mol. The summed E-state index contributed by atoms with van der Waals surface area (Å²) in [5.74, 6) is 1.10. The highest BCUT2D eigenvalue weighted by atomic mass is 32.2. The molecule has 0 saturated carbocycles. The molecular formula is C22H27N3O5S. The number of nitrogens with zero attached hydrogens (tertiary/aromatic N) is 2. The van der Waals surface area contributed by atoms with Gasteiger partial charge in [-0.1, -0.05) is 18.2 Å². The second-order valence-corrected chi connectivity index (χ2v) is 9.38. The minimum Gasteiger partial charge on any atom is -0.493 e. The van der Waals surface area contributed by atoms with Gasteiger partial charge in [-0.15, -0.1) is 0 Å². The fraction of sp³-hybridized carbons (Fsp3) is 0.409. The third-order valence-electron chi connectivity index (χ3n) is 5.89. The van der Waals surface area contributed by atoms with Crippen molar-refractivity contribution < 1.29 is 22.7 Å². The van der Waals surface area contributed by atoms with Crippen LogP contribution in [0.4, 0.5) is 5.69 Å². The van der Waals surface area contributed by atoms with Crippen molar-refractivity contribution in [2.75, 3.05) is 38.2 Å². The number of carbonyl (C=O) groups excluding carboxylic acids is 1. The number of anilines is 1. The molecule has 0 bridgehead atoms. The third-order valence-corrected chi connectivity index (χ3v) is 7.42. The van der Waals surface area contributed by atoms with Gasteiger partial charge in [0.1, 0.15) is 0 Å². The Kier molecular flexibility index (Phi) is 6.17. The molecule has 0 radical (unpaired) electrons. The van der Waals surface area contributed by atoms with Crippen LogP contribution in [0.1, 0.15) is 28.8 Å². The molecule has 2 aromatic rings. The summed E-state index contributed by atoms with van der Waals surface area (Å²) in [4.78, 5) is 14.9. The topological polar surface area (TPSA) is 88.2 Å². The van der Waals surface area contributed by atoms with Gasteiger partial charge < -0.3 is 9.47 Å². The molecule has 0 amide bonds. The van der Waals surface area contributed by atoms with E-state index in [0.29, 0.717) is 49.5 Å². The molecule has 31 heavy (non-hydrogen) atoms. The Balaban J connectivity index is 1.42. The van der Waals surface area contributed by atoms with E-state index in [1.165, 1.54) is 4.31 Å². The van der Waals surface area contributed by atoms with Crippen molar-refractivity contribution >= 4 is 21.7 Å². The average Bonchev–Trinajstić information content (AvgIpc) is 2.79. The lowest BCUT2D eigenvalue weighted by molar-refractivity contribution is 0.0910. The van der Waals surface area contributed by atoms with Crippen molar-refractivity contribution in [2.45, 2.75) is 25.4 Å². The first-order valence-electron chi connectivity index (χ1n) is 10.3. The SMILES string of the molecule is COc1ccc(C(=O)CN2CCC(N3c4ccccc4CNS3(=O)=O)CC2)cc1OC. The van der Waals surface area contributed by atoms with Crippen LogP contribution in [-0.4, -0.2) is 59.0 Å². The van der Waals surface area contributed by atoms with Gasteiger partial charge in [-0.2, -0.15) is 13.1 Å². The number of hydrogen-bond donors (Lipinski definition) is 1. The van der Waals surface area contributed by atoms with Gasteiger partial charge in [0.15, 0.2) is 17.3 Å². The summed E-state index contributed by atoms with van der Waals surface area (Å²) in [6.07, 6.45) is 1.32. The molecule has 0 aromatic heterocycles. The number of likely N-dealkylation sites (tertiary alicyclic amines) is 1. The number of piperidine rings is 1. The van der Waals surface area contributed by atoms with Crippen molar-refractivity contribution in [3.05, 3.63) is 53.6 Å². The van der Waals surface area contributed by atoms with E-state index in [4.69, 9.17) is 9.47 Å². The fourth-order valence-electron chi connectivity index (χ4n) is 4.25. The van der Waals surface area contributed by atoms with E-state index in [9.17, 15) is 13.2 Å². The lowest BCUT2D eigenvalue weighted by Crippen LogP contribution is -2.53. The zero-order valence-corrected chi connectivity index (χ0v) is 18.5. The van der Waals surface area contributed by atoms with Crippen LogP contribution < -0.4 is 18.5 Å². The average molecular weight is 446 g/mol. The molecular weight excluding hydrogens is 418 g/mol. The van der Waals surface area contributed by atoms with Crippen molar-refractivity contribution in [1.82, 2.24) is 9.62 Å². The van der Waals surface area contributed by atoms with Crippen LogP contribution in [0.25, 0.3) is 0 Å². The first-order valence-corrected chi connectivity index (χ1v) is 11.7. The number of ether oxygens (including phenoxy) is 2. The number of carbonyl (C=O) groups is 1. The zero-order valence-electron chi connectivity index (χ0n) is 17.7. The van der Waals surface area contributed by atoms with Gasteiger partial charge >= 0.3 is 10.2 Å². The number of para-hydroxylation sites is 1. The smallest absolute Gasteiger partial charge is 0.302 e. The van der Waals surface area contributed by atoms with Crippen molar-refractivity contribution in [3.63, 3.8) is 0 Å². The van der Waals surface area contributed by atoms with Crippen LogP contribution in [0.15, 0.2) is 42.5 Å². The highest BCUT2D eigenvalue weighted by Crippen LogP contribution is 2.32. The predicted octanol–water partition coefficient (Wildman–Crippen LogP) is 2.21. The number of rotatable bonds is 6. The van der Waals surface area contributed by atoms with Gasteiger partial charge in [0.2, 0.25) is 0 Å². The molecule has 1 saturated heterocycles. The number of fused-ring (bicyclic) bond motifs is 1. The van der Waals surface area contributed by atoms with Crippen LogP contribution in [0.2, 0.25) is 0 Å². The molecule has 0 aliphatic carbocycles. The first-order chi connectivity index (χ1) is 14.9. The van der Waals surface area contributed by atoms with E-state index in [0.717, 1.165) is 11.3 Å². The minimum atomic E-state index is -3.56. The fourth-order valence-corrected chi connectivity index (χ4v) is 5.77. The Bertz CT molecular complexity index is 1060. The van der Waals surface area contributed by atoms with Crippen LogP contribution in [0.3, 0.4) is 0 Å². The van der Waals surface area contributed by atoms with Gasteiger partial charge in [-0.25, -0.2) is 0 Å². The van der Waals surface area contributed by atoms with Crippen LogP contribution >= 0.6 is 0 Å². The standard InChI is InChI=1S/C22H27N3O5S/c1-29-21-8-7-16(13-22(21)30-2)20(26)15-24-11-9-18(10-12-24)25-19-6-4-3-5-17(19)14-23-31(25,27)28/h3-8,13,18,23H,9-12,14-15H2,1-2H3. The van der Waals surface area contributed by atoms with Gasteiger partial charge in [0.25, 0.3) is 0 Å². The highest BCUT2D eigenvalue weighted by Gasteiger charge is 2.36. The summed E-state index contributed by atoms with van der Waals surface area (Å²) >= 11 is 0. The van der Waals surface area contributed by atoms with Crippen LogP contribution in [-0.2, 0) is 16.8 Å². The van der Waals surface area contributed by atoms with E-state index in [-0.39, 0.29) is 18.4 Å². The first kappa shape index (κ1) is 21.6. The largest absolute Gasteiger partial charge is 0.493 e. The lowest BCUT2D eigenvalue weighted by Gasteiger charge is -2.41. The molecule has 1 fully saturated rings. The van der Waals surface area contributed by atoms with E-state index in [1.807, 2.05) is 24.3 Å². The number of hydrogen-bond acceptors (Lipinski definition) is 6. The molecule has 166 valence electrons. The molecule has 9 heteroatoms. The summed E-state index contributed by atoms with van der Waals surface area (Å²) in [7, 11) is -0.467. The van der Waals surface area contributed by atoms with Crippen molar-refractivity contribution in [3.8, 4) is 11.5 Å². The Labute approximate surface area is 182 Å². The lowest BCUT2D eigenvalue weighted by atomic mass is 10.0. The number of methoxy groups -OCH3 is 2. The van der Waals surface area contributed by atoms with E-state index < -0.39 is 10.2 Å². The third kappa shape index (κ3) is 4.39. The number of Topliss-reactive ketones (excluding diaryl/α,β-unsaturated/α-hetero) is 1. The van der Waals surface area contributed by atoms with E-state index in [2.05, 4.69) is 9.62 Å². The summed E-state index contributed by atoms with van der Waals surface area (Å²) < 4.78 is 40.1. The molecule has 2 aromatic carbocycles. The van der Waals surface area contributed by atoms with Gasteiger partial charge in [0.05, 0.1) is 26.5 Å². The molecule has 4 rings (SSSR count). The Morgan fingerprint density at radius 3 is 2.48 bits per heavy atom. The summed E-state index contributed by atoms with van der Waals surface area (Å²) in [6, 6.07) is 12.6. The molecule has 0 atom stereocenters. The second kappa shape index (κ2) is 8.86. The predicted molar refractivity (Wildman–Crippen MR) is 118 cm³/mol. The molecule has 0 unspecified atom stereocenters. The summed E-state index contributed by atoms with van der Waals surface area (Å²) in [5.41, 5.74) is 2.29. The highest BCUT2D eigenvalue weighted by molar-refractivity contribution is 7.91. The maximum Gasteiger partial charge on any atom is 0.302 e. The molecule has 2 aliphatic rings. The second-order valence-electron chi connectivity index (χ2n) is 7.75. The summed E-state index contributed by atoms with van der Waals surface area (Å²) in [5, 5.41) is 0. The maximum absolute atomic E-state index is 12.8. The maximum atomic E-state index is 12.8. The molecule has 2 heterocycles. The van der Waals surface area contributed by atoms with Crippen LogP contribution in [0.5, 0.6) is 11.5 Å². The minimum absolute atomic E-state index is 0.00277. The number of benzene rings is 2. The van der Waals surface area contributed by atoms with Gasteiger partial charge in [0, 0.05) is 31.2 Å². The number of nitrogens with one attached hydrogen (secondary N) is 1. The van der Waals surface area contributed by atoms with Crippen molar-refractivity contribution in [2.24, 2.45) is 0 Å². The molecule has 2 aliphatic heterocycles. The molecule has 8 nitrogen and oxygen atoms in total. The van der Waals surface area contributed by atoms with Crippen molar-refractivity contribution in [1.29, 1.82) is 0 Å².